The van der Waals surface area contributed by atoms with Crippen LogP contribution in [0.5, 0.6) is 5.75 Å². The molecule has 0 atom stereocenters. The first-order valence-electron chi connectivity index (χ1n) is 6.24. The largest absolute Gasteiger partial charge is 0.507 e. The predicted octanol–water partition coefficient (Wildman–Crippen LogP) is 5.06. The molecular formula is C17H12BrNO. The summed E-state index contributed by atoms with van der Waals surface area (Å²) in [6, 6.07) is 19.3. The number of rotatable bonds is 2. The maximum absolute atomic E-state index is 10.3. The smallest absolute Gasteiger partial charge is 0.132 e. The monoisotopic (exact) mass is 325 g/mol. The average molecular weight is 326 g/mol. The lowest BCUT2D eigenvalue weighted by molar-refractivity contribution is 0.481. The molecule has 3 heteroatoms. The van der Waals surface area contributed by atoms with E-state index < -0.39 is 0 Å². The molecule has 3 aromatic rings. The topological polar surface area (TPSA) is 32.6 Å². The number of hydrogen-bond acceptors (Lipinski definition) is 2. The number of nitrogens with zero attached hydrogens (tertiary/aromatic N) is 1. The van der Waals surface area contributed by atoms with Crippen molar-refractivity contribution in [3.05, 3.63) is 70.7 Å². The van der Waals surface area contributed by atoms with Gasteiger partial charge >= 0.3 is 0 Å². The Hall–Kier alpha value is -2.13. The van der Waals surface area contributed by atoms with Gasteiger partial charge in [-0.15, -0.1) is 0 Å². The molecule has 0 saturated heterocycles. The molecule has 0 fully saturated rings. The van der Waals surface area contributed by atoms with Crippen LogP contribution in [0.4, 0.5) is 5.69 Å². The molecule has 3 rings (SSSR count). The Morgan fingerprint density at radius 2 is 1.65 bits per heavy atom. The third-order valence-electron chi connectivity index (χ3n) is 3.11. The first-order valence-corrected chi connectivity index (χ1v) is 7.04. The highest BCUT2D eigenvalue weighted by Gasteiger charge is 2.03. The van der Waals surface area contributed by atoms with Crippen molar-refractivity contribution in [2.24, 2.45) is 4.99 Å². The maximum Gasteiger partial charge on any atom is 0.132 e. The Morgan fingerprint density at radius 1 is 0.900 bits per heavy atom. The van der Waals surface area contributed by atoms with Gasteiger partial charge in [-0.3, -0.25) is 4.99 Å². The third-order valence-corrected chi connectivity index (χ3v) is 3.64. The second-order valence-corrected chi connectivity index (χ2v) is 5.37. The Labute approximate surface area is 125 Å². The van der Waals surface area contributed by atoms with Gasteiger partial charge in [0.05, 0.1) is 5.69 Å². The van der Waals surface area contributed by atoms with E-state index in [1.54, 1.807) is 6.21 Å². The van der Waals surface area contributed by atoms with Gasteiger partial charge < -0.3 is 5.11 Å². The predicted molar refractivity (Wildman–Crippen MR) is 87.0 cm³/mol. The Kier molecular flexibility index (Phi) is 3.52. The minimum atomic E-state index is 0.268. The first-order chi connectivity index (χ1) is 9.74. The molecule has 0 spiro atoms. The van der Waals surface area contributed by atoms with Crippen LogP contribution < -0.4 is 0 Å². The number of halogens is 1. The molecule has 0 aliphatic heterocycles. The zero-order valence-electron chi connectivity index (χ0n) is 10.6. The molecule has 0 heterocycles. The Bertz CT molecular complexity index is 779. The summed E-state index contributed by atoms with van der Waals surface area (Å²) in [4.78, 5) is 4.38. The molecule has 98 valence electrons. The highest BCUT2D eigenvalue weighted by Crippen LogP contribution is 2.28. The van der Waals surface area contributed by atoms with E-state index in [1.807, 2.05) is 60.7 Å². The van der Waals surface area contributed by atoms with Crippen molar-refractivity contribution in [3.63, 3.8) is 0 Å². The summed E-state index contributed by atoms with van der Waals surface area (Å²) < 4.78 is 1.02. The summed E-state index contributed by atoms with van der Waals surface area (Å²) >= 11 is 3.39. The van der Waals surface area contributed by atoms with E-state index in [0.29, 0.717) is 5.56 Å². The fraction of sp³-hybridized carbons (Fsp3) is 0. The number of hydrogen-bond donors (Lipinski definition) is 1. The van der Waals surface area contributed by atoms with E-state index in [-0.39, 0.29) is 5.75 Å². The molecule has 0 aliphatic carbocycles. The van der Waals surface area contributed by atoms with Gasteiger partial charge in [0.2, 0.25) is 0 Å². The standard InChI is InChI=1S/C17H12BrNO/c18-14-7-9-15(10-8-14)19-11-13-6-5-12-3-1-2-4-16(12)17(13)20/h1-11,20H. The average Bonchev–Trinajstić information content (AvgIpc) is 2.49. The Balaban J connectivity index is 1.98. The van der Waals surface area contributed by atoms with E-state index >= 15 is 0 Å². The van der Waals surface area contributed by atoms with Crippen LogP contribution in [0.1, 0.15) is 5.56 Å². The van der Waals surface area contributed by atoms with Crippen LogP contribution in [0.2, 0.25) is 0 Å². The fourth-order valence-corrected chi connectivity index (χ4v) is 2.31. The second-order valence-electron chi connectivity index (χ2n) is 4.46. The van der Waals surface area contributed by atoms with Gasteiger partial charge in [0.1, 0.15) is 5.75 Å². The molecule has 0 bridgehead atoms. The minimum absolute atomic E-state index is 0.268. The molecule has 20 heavy (non-hydrogen) atoms. The normalized spacial score (nSPS) is 11.2. The zero-order valence-corrected chi connectivity index (χ0v) is 12.2. The molecule has 0 amide bonds. The van der Waals surface area contributed by atoms with Crippen LogP contribution in [-0.2, 0) is 0 Å². The lowest BCUT2D eigenvalue weighted by Gasteiger charge is -2.04. The van der Waals surface area contributed by atoms with Crippen molar-refractivity contribution in [2.45, 2.75) is 0 Å². The van der Waals surface area contributed by atoms with Crippen molar-refractivity contribution < 1.29 is 5.11 Å². The van der Waals surface area contributed by atoms with Gasteiger partial charge in [-0.2, -0.15) is 0 Å². The number of aliphatic imine (C=N–C) groups is 1. The van der Waals surface area contributed by atoms with Gasteiger partial charge in [0.15, 0.2) is 0 Å². The summed E-state index contributed by atoms with van der Waals surface area (Å²) in [6.07, 6.45) is 1.69. The zero-order chi connectivity index (χ0) is 13.9. The van der Waals surface area contributed by atoms with Crippen molar-refractivity contribution in [1.82, 2.24) is 0 Å². The van der Waals surface area contributed by atoms with Gasteiger partial charge in [0.25, 0.3) is 0 Å². The third kappa shape index (κ3) is 2.58. The molecule has 0 aromatic heterocycles. The van der Waals surface area contributed by atoms with Crippen LogP contribution in [0.25, 0.3) is 10.8 Å². The van der Waals surface area contributed by atoms with Gasteiger partial charge in [-0.05, 0) is 35.7 Å². The van der Waals surface area contributed by atoms with E-state index in [2.05, 4.69) is 20.9 Å². The number of benzene rings is 3. The van der Waals surface area contributed by atoms with Crippen LogP contribution in [0.3, 0.4) is 0 Å². The van der Waals surface area contributed by atoms with Crippen molar-refractivity contribution in [3.8, 4) is 5.75 Å². The second kappa shape index (κ2) is 5.47. The molecule has 0 unspecified atom stereocenters. The minimum Gasteiger partial charge on any atom is -0.507 e. The van der Waals surface area contributed by atoms with Crippen LogP contribution >= 0.6 is 15.9 Å². The molecule has 3 aromatic carbocycles. The van der Waals surface area contributed by atoms with Crippen LogP contribution in [-0.4, -0.2) is 11.3 Å². The quantitative estimate of drug-likeness (QED) is 0.656. The summed E-state index contributed by atoms with van der Waals surface area (Å²) in [5.74, 6) is 0.268. The summed E-state index contributed by atoms with van der Waals surface area (Å²) in [6.45, 7) is 0. The summed E-state index contributed by atoms with van der Waals surface area (Å²) in [7, 11) is 0. The number of phenolic OH excluding ortho intramolecular Hbond substituents is 1. The number of fused-ring (bicyclic) bond motifs is 1. The molecule has 0 aliphatic rings. The molecule has 2 nitrogen and oxygen atoms in total. The van der Waals surface area contributed by atoms with Crippen molar-refractivity contribution in [1.29, 1.82) is 0 Å². The lowest BCUT2D eigenvalue weighted by Crippen LogP contribution is -1.84. The van der Waals surface area contributed by atoms with E-state index in [4.69, 9.17) is 0 Å². The van der Waals surface area contributed by atoms with Gasteiger partial charge in [-0.25, -0.2) is 0 Å². The van der Waals surface area contributed by atoms with E-state index in [9.17, 15) is 5.11 Å². The first kappa shape index (κ1) is 12.9. The van der Waals surface area contributed by atoms with Crippen molar-refractivity contribution in [2.75, 3.05) is 0 Å². The van der Waals surface area contributed by atoms with Gasteiger partial charge in [0, 0.05) is 21.6 Å². The number of aromatic hydroxyl groups is 1. The molecule has 1 N–H and O–H groups in total. The maximum atomic E-state index is 10.3. The summed E-state index contributed by atoms with van der Waals surface area (Å²) in [5.41, 5.74) is 1.56. The SMILES string of the molecule is Oc1c(C=Nc2ccc(Br)cc2)ccc2ccccc12. The van der Waals surface area contributed by atoms with E-state index in [1.165, 1.54) is 0 Å². The van der Waals surface area contributed by atoms with Crippen LogP contribution in [0.15, 0.2) is 70.1 Å². The van der Waals surface area contributed by atoms with Gasteiger partial charge in [-0.1, -0.05) is 46.3 Å². The fourth-order valence-electron chi connectivity index (χ4n) is 2.05. The van der Waals surface area contributed by atoms with Crippen LogP contribution in [0, 0.1) is 0 Å². The molecule has 0 radical (unpaired) electrons. The Morgan fingerprint density at radius 3 is 2.45 bits per heavy atom. The highest BCUT2D eigenvalue weighted by molar-refractivity contribution is 9.10. The number of phenols is 1. The molecule has 0 saturated carbocycles. The van der Waals surface area contributed by atoms with E-state index in [0.717, 1.165) is 20.9 Å². The van der Waals surface area contributed by atoms with Crippen molar-refractivity contribution >= 4 is 38.6 Å². The highest BCUT2D eigenvalue weighted by atomic mass is 79.9. The lowest BCUT2D eigenvalue weighted by atomic mass is 10.1. The molecular weight excluding hydrogens is 314 g/mol. The summed E-state index contributed by atoms with van der Waals surface area (Å²) in [5, 5.41) is 12.1.